The number of hydrogen-bond donors (Lipinski definition) is 0. The molecule has 2 aliphatic rings. The maximum Gasteiger partial charge on any atom is 0.257 e. The average Bonchev–Trinajstić information content (AvgIpc) is 3.12. The van der Waals surface area contributed by atoms with Gasteiger partial charge in [0.15, 0.2) is 0 Å². The molecule has 2 aromatic rings. The number of benzene rings is 1. The van der Waals surface area contributed by atoms with E-state index in [2.05, 4.69) is 5.10 Å². The van der Waals surface area contributed by atoms with Crippen molar-refractivity contribution in [3.05, 3.63) is 48.0 Å². The van der Waals surface area contributed by atoms with Crippen LogP contribution in [0.25, 0.3) is 5.69 Å². The second kappa shape index (κ2) is 6.57. The highest BCUT2D eigenvalue weighted by atomic mass is 19.1. The highest BCUT2D eigenvalue weighted by Gasteiger charge is 2.40. The fourth-order valence-corrected chi connectivity index (χ4v) is 3.41. The molecule has 7 heteroatoms. The minimum Gasteiger partial charge on any atom is -0.381 e. The van der Waals surface area contributed by atoms with Gasteiger partial charge in [0, 0.05) is 38.8 Å². The van der Waals surface area contributed by atoms with Crippen LogP contribution in [0.5, 0.6) is 0 Å². The van der Waals surface area contributed by atoms with E-state index in [0.717, 1.165) is 12.8 Å². The minimum absolute atomic E-state index is 0.0532. The van der Waals surface area contributed by atoms with Gasteiger partial charge in [0.2, 0.25) is 0 Å². The molecule has 4 rings (SSSR count). The fourth-order valence-electron chi connectivity index (χ4n) is 3.41. The zero-order valence-electron chi connectivity index (χ0n) is 13.9. The van der Waals surface area contributed by atoms with Crippen molar-refractivity contribution in [2.24, 2.45) is 0 Å². The summed E-state index contributed by atoms with van der Waals surface area (Å²) in [7, 11) is 0. The molecule has 0 aliphatic carbocycles. The summed E-state index contributed by atoms with van der Waals surface area (Å²) in [6, 6.07) is 6.00. The lowest BCUT2D eigenvalue weighted by Crippen LogP contribution is -2.55. The van der Waals surface area contributed by atoms with Crippen LogP contribution in [0.2, 0.25) is 0 Å². The molecule has 1 spiro atoms. The predicted octanol–water partition coefficient (Wildman–Crippen LogP) is 2.03. The Labute approximate surface area is 145 Å². The van der Waals surface area contributed by atoms with Crippen molar-refractivity contribution < 1.29 is 18.7 Å². The molecule has 0 radical (unpaired) electrons. The Kier molecular flexibility index (Phi) is 4.27. The van der Waals surface area contributed by atoms with Gasteiger partial charge < -0.3 is 14.4 Å². The van der Waals surface area contributed by atoms with Gasteiger partial charge in [0.1, 0.15) is 5.82 Å². The largest absolute Gasteiger partial charge is 0.381 e. The van der Waals surface area contributed by atoms with Crippen LogP contribution in [0, 0.1) is 5.82 Å². The molecule has 132 valence electrons. The number of carbonyl (C=O) groups excluding carboxylic acids is 1. The molecular weight excluding hydrogens is 325 g/mol. The third-order valence-electron chi connectivity index (χ3n) is 4.86. The standard InChI is InChI=1S/C18H20FN3O3/c19-15-1-3-16(4-2-15)22-12-14(11-20-22)17(23)21-7-10-25-18(13-21)5-8-24-9-6-18/h1-4,11-12H,5-10,13H2. The summed E-state index contributed by atoms with van der Waals surface area (Å²) in [6.07, 6.45) is 4.86. The zero-order chi connectivity index (χ0) is 17.3. The molecule has 3 heterocycles. The predicted molar refractivity (Wildman–Crippen MR) is 88.2 cm³/mol. The Morgan fingerprint density at radius 1 is 1.16 bits per heavy atom. The molecule has 1 aromatic carbocycles. The van der Waals surface area contributed by atoms with Gasteiger partial charge in [-0.15, -0.1) is 0 Å². The van der Waals surface area contributed by atoms with Crippen LogP contribution in [0.15, 0.2) is 36.7 Å². The van der Waals surface area contributed by atoms with E-state index in [9.17, 15) is 9.18 Å². The van der Waals surface area contributed by atoms with Crippen LogP contribution in [-0.4, -0.2) is 59.1 Å². The molecule has 0 atom stereocenters. The molecule has 0 saturated carbocycles. The molecule has 1 aromatic heterocycles. The third-order valence-corrected chi connectivity index (χ3v) is 4.86. The molecule has 1 amide bonds. The summed E-state index contributed by atoms with van der Waals surface area (Å²) in [5.74, 6) is -0.357. The van der Waals surface area contributed by atoms with Gasteiger partial charge in [-0.3, -0.25) is 4.79 Å². The van der Waals surface area contributed by atoms with Gasteiger partial charge in [-0.25, -0.2) is 9.07 Å². The number of rotatable bonds is 2. The zero-order valence-corrected chi connectivity index (χ0v) is 13.9. The fraction of sp³-hybridized carbons (Fsp3) is 0.444. The summed E-state index contributed by atoms with van der Waals surface area (Å²) in [5.41, 5.74) is 0.954. The Balaban J connectivity index is 1.50. The normalized spacial score (nSPS) is 20.0. The van der Waals surface area contributed by atoms with Crippen LogP contribution in [-0.2, 0) is 9.47 Å². The van der Waals surface area contributed by atoms with Crippen LogP contribution < -0.4 is 0 Å². The van der Waals surface area contributed by atoms with Crippen molar-refractivity contribution in [2.45, 2.75) is 18.4 Å². The van der Waals surface area contributed by atoms with E-state index >= 15 is 0 Å². The van der Waals surface area contributed by atoms with Crippen LogP contribution in [0.1, 0.15) is 23.2 Å². The lowest BCUT2D eigenvalue weighted by molar-refractivity contribution is -0.146. The van der Waals surface area contributed by atoms with E-state index in [1.54, 1.807) is 29.2 Å². The first-order valence-corrected chi connectivity index (χ1v) is 8.47. The number of morpholine rings is 1. The lowest BCUT2D eigenvalue weighted by Gasteiger charge is -2.44. The van der Waals surface area contributed by atoms with Crippen molar-refractivity contribution in [2.75, 3.05) is 32.9 Å². The minimum atomic E-state index is -0.303. The number of amides is 1. The van der Waals surface area contributed by atoms with Crippen molar-refractivity contribution in [1.82, 2.24) is 14.7 Å². The number of halogens is 1. The average molecular weight is 345 g/mol. The second-order valence-electron chi connectivity index (χ2n) is 6.52. The monoisotopic (exact) mass is 345 g/mol. The Hall–Kier alpha value is -2.25. The molecule has 0 bridgehead atoms. The van der Waals surface area contributed by atoms with E-state index in [4.69, 9.17) is 9.47 Å². The molecule has 0 unspecified atom stereocenters. The number of hydrogen-bond acceptors (Lipinski definition) is 4. The van der Waals surface area contributed by atoms with Gasteiger partial charge >= 0.3 is 0 Å². The maximum atomic E-state index is 13.0. The molecule has 6 nitrogen and oxygen atoms in total. The number of ether oxygens (including phenoxy) is 2. The first kappa shape index (κ1) is 16.2. The van der Waals surface area contributed by atoms with E-state index in [0.29, 0.717) is 44.2 Å². The third kappa shape index (κ3) is 3.29. The van der Waals surface area contributed by atoms with Gasteiger partial charge in [0.25, 0.3) is 5.91 Å². The Morgan fingerprint density at radius 2 is 1.92 bits per heavy atom. The van der Waals surface area contributed by atoms with E-state index in [-0.39, 0.29) is 17.3 Å². The number of nitrogens with zero attached hydrogens (tertiary/aromatic N) is 3. The summed E-state index contributed by atoms with van der Waals surface area (Å²) in [6.45, 7) is 3.03. The van der Waals surface area contributed by atoms with Gasteiger partial charge in [-0.05, 0) is 24.3 Å². The SMILES string of the molecule is O=C(c1cnn(-c2ccc(F)cc2)c1)N1CCOC2(CCOCC2)C1. The molecule has 0 N–H and O–H groups in total. The van der Waals surface area contributed by atoms with E-state index in [1.165, 1.54) is 12.1 Å². The summed E-state index contributed by atoms with van der Waals surface area (Å²) >= 11 is 0. The van der Waals surface area contributed by atoms with Crippen molar-refractivity contribution >= 4 is 5.91 Å². The molecule has 2 aliphatic heterocycles. The summed E-state index contributed by atoms with van der Waals surface area (Å²) < 4.78 is 26.0. The smallest absolute Gasteiger partial charge is 0.257 e. The Bertz CT molecular complexity index is 748. The Morgan fingerprint density at radius 3 is 2.68 bits per heavy atom. The number of carbonyl (C=O) groups is 1. The van der Waals surface area contributed by atoms with Gasteiger partial charge in [-0.1, -0.05) is 0 Å². The quantitative estimate of drug-likeness (QED) is 0.836. The molecule has 2 fully saturated rings. The lowest BCUT2D eigenvalue weighted by atomic mass is 9.92. The maximum absolute atomic E-state index is 13.0. The first-order chi connectivity index (χ1) is 12.2. The van der Waals surface area contributed by atoms with Gasteiger partial charge in [-0.2, -0.15) is 5.10 Å². The molecular formula is C18H20FN3O3. The van der Waals surface area contributed by atoms with Crippen molar-refractivity contribution in [3.8, 4) is 5.69 Å². The van der Waals surface area contributed by atoms with E-state index in [1.807, 2.05) is 4.90 Å². The summed E-state index contributed by atoms with van der Waals surface area (Å²) in [5, 5.41) is 4.23. The summed E-state index contributed by atoms with van der Waals surface area (Å²) in [4.78, 5) is 14.7. The van der Waals surface area contributed by atoms with Gasteiger partial charge in [0.05, 0.1) is 36.2 Å². The molecule has 25 heavy (non-hydrogen) atoms. The highest BCUT2D eigenvalue weighted by Crippen LogP contribution is 2.29. The van der Waals surface area contributed by atoms with E-state index < -0.39 is 0 Å². The second-order valence-corrected chi connectivity index (χ2v) is 6.52. The van der Waals surface area contributed by atoms with Crippen LogP contribution >= 0.6 is 0 Å². The molecule has 2 saturated heterocycles. The number of aromatic nitrogens is 2. The first-order valence-electron chi connectivity index (χ1n) is 8.47. The van der Waals surface area contributed by atoms with Crippen LogP contribution in [0.4, 0.5) is 4.39 Å². The topological polar surface area (TPSA) is 56.6 Å². The van der Waals surface area contributed by atoms with Crippen molar-refractivity contribution in [3.63, 3.8) is 0 Å². The van der Waals surface area contributed by atoms with Crippen LogP contribution in [0.3, 0.4) is 0 Å². The highest BCUT2D eigenvalue weighted by molar-refractivity contribution is 5.94. The van der Waals surface area contributed by atoms with Crippen molar-refractivity contribution in [1.29, 1.82) is 0 Å².